The molecule has 0 unspecified atom stereocenters. The highest BCUT2D eigenvalue weighted by molar-refractivity contribution is 5.83. The van der Waals surface area contributed by atoms with E-state index in [4.69, 9.17) is 9.47 Å². The Bertz CT molecular complexity index is 1220. The van der Waals surface area contributed by atoms with Gasteiger partial charge in [-0.25, -0.2) is 4.68 Å². The van der Waals surface area contributed by atoms with E-state index in [1.807, 2.05) is 26.0 Å². The van der Waals surface area contributed by atoms with Crippen molar-refractivity contribution in [3.63, 3.8) is 0 Å². The number of morpholine rings is 1. The topological polar surface area (TPSA) is 118 Å². The Kier molecular flexibility index (Phi) is 8.21. The number of nitrogens with one attached hydrogen (secondary N) is 1. The molecule has 0 spiro atoms. The number of aromatic nitrogens is 5. The molecule has 0 bridgehead atoms. The van der Waals surface area contributed by atoms with E-state index in [0.29, 0.717) is 37.6 Å². The van der Waals surface area contributed by atoms with Gasteiger partial charge in [-0.3, -0.25) is 19.4 Å². The van der Waals surface area contributed by atoms with Crippen molar-refractivity contribution in [3.05, 3.63) is 51.1 Å². The maximum absolute atomic E-state index is 13.0. The molecule has 11 nitrogen and oxygen atoms in total. The molecule has 3 heterocycles. The molecule has 1 N–H and O–H groups in total. The zero-order chi connectivity index (χ0) is 24.8. The Morgan fingerprint density at radius 3 is 2.80 bits per heavy atom. The Labute approximate surface area is 204 Å². The van der Waals surface area contributed by atoms with Crippen LogP contribution in [0.5, 0.6) is 0 Å². The quantitative estimate of drug-likeness (QED) is 0.422. The average Bonchev–Trinajstić information content (AvgIpc) is 3.28. The van der Waals surface area contributed by atoms with E-state index < -0.39 is 5.97 Å². The van der Waals surface area contributed by atoms with Crippen LogP contribution >= 0.6 is 0 Å². The first-order valence-corrected chi connectivity index (χ1v) is 12.0. The molecular weight excluding hydrogens is 450 g/mol. The van der Waals surface area contributed by atoms with Crippen LogP contribution in [-0.4, -0.2) is 87.0 Å². The number of carbonyl (C=O) groups excluding carboxylic acids is 1. The predicted octanol–water partition coefficient (Wildman–Crippen LogP) is 1.03. The lowest BCUT2D eigenvalue weighted by molar-refractivity contribution is -0.144. The van der Waals surface area contributed by atoms with Crippen LogP contribution in [0.25, 0.3) is 10.9 Å². The molecule has 0 saturated carbocycles. The van der Waals surface area contributed by atoms with Gasteiger partial charge in [0.05, 0.1) is 31.9 Å². The number of esters is 1. The molecular formula is C24H33N7O4. The van der Waals surface area contributed by atoms with Gasteiger partial charge in [0.15, 0.2) is 5.82 Å². The minimum absolute atomic E-state index is 0.0529. The van der Waals surface area contributed by atoms with E-state index in [1.54, 1.807) is 6.92 Å². The van der Waals surface area contributed by atoms with E-state index >= 15 is 0 Å². The fourth-order valence-electron chi connectivity index (χ4n) is 4.24. The maximum atomic E-state index is 13.0. The molecule has 0 aliphatic carbocycles. The summed E-state index contributed by atoms with van der Waals surface area (Å²) in [4.78, 5) is 32.5. The number of hydrogen-bond donors (Lipinski definition) is 1. The summed E-state index contributed by atoms with van der Waals surface area (Å²) >= 11 is 0. The fourth-order valence-corrected chi connectivity index (χ4v) is 4.24. The third-order valence-corrected chi connectivity index (χ3v) is 6.41. The third kappa shape index (κ3) is 6.30. The Balaban J connectivity index is 1.56. The van der Waals surface area contributed by atoms with E-state index in [2.05, 4.69) is 36.4 Å². The van der Waals surface area contributed by atoms with Crippen LogP contribution in [0.2, 0.25) is 0 Å². The first-order chi connectivity index (χ1) is 16.9. The summed E-state index contributed by atoms with van der Waals surface area (Å²) < 4.78 is 12.0. The number of aryl methyl sites for hydroxylation is 2. The largest absolute Gasteiger partial charge is 0.465 e. The van der Waals surface area contributed by atoms with Crippen molar-refractivity contribution in [3.8, 4) is 0 Å². The number of aromatic amines is 1. The molecule has 0 radical (unpaired) electrons. The number of benzene rings is 1. The second-order valence-electron chi connectivity index (χ2n) is 8.82. The standard InChI is InChI=1S/C24H33N7O4/c1-4-35-22(32)16-31-21(26-27-28-31)15-30(8-7-29-9-11-34-12-10-29)14-20-13-19-6-5-17(2)18(3)23(19)25-24(20)33/h5-6,13H,4,7-12,14-16H2,1-3H3,(H,25,33). The van der Waals surface area contributed by atoms with Gasteiger partial charge in [0, 0.05) is 38.3 Å². The van der Waals surface area contributed by atoms with Crippen molar-refractivity contribution >= 4 is 16.9 Å². The summed E-state index contributed by atoms with van der Waals surface area (Å²) in [6.45, 7) is 11.6. The van der Waals surface area contributed by atoms with Gasteiger partial charge >= 0.3 is 5.97 Å². The van der Waals surface area contributed by atoms with Gasteiger partial charge in [-0.15, -0.1) is 5.10 Å². The molecule has 4 rings (SSSR count). The number of hydrogen-bond acceptors (Lipinski definition) is 9. The van der Waals surface area contributed by atoms with E-state index in [-0.39, 0.29) is 12.1 Å². The highest BCUT2D eigenvalue weighted by Gasteiger charge is 2.19. The summed E-state index contributed by atoms with van der Waals surface area (Å²) in [6, 6.07) is 6.07. The van der Waals surface area contributed by atoms with Crippen LogP contribution in [0.4, 0.5) is 0 Å². The van der Waals surface area contributed by atoms with Gasteiger partial charge in [0.25, 0.3) is 5.56 Å². The maximum Gasteiger partial charge on any atom is 0.327 e. The smallest absolute Gasteiger partial charge is 0.327 e. The number of pyridine rings is 1. The molecule has 1 aliphatic heterocycles. The number of carbonyl (C=O) groups is 1. The molecule has 2 aromatic heterocycles. The lowest BCUT2D eigenvalue weighted by Gasteiger charge is -2.29. The predicted molar refractivity (Wildman–Crippen MR) is 130 cm³/mol. The van der Waals surface area contributed by atoms with Crippen LogP contribution in [0.15, 0.2) is 23.0 Å². The van der Waals surface area contributed by atoms with Crippen LogP contribution in [0, 0.1) is 13.8 Å². The number of rotatable bonds is 10. The Hall–Kier alpha value is -3.15. The minimum Gasteiger partial charge on any atom is -0.465 e. The fraction of sp³-hybridized carbons (Fsp3) is 0.542. The number of nitrogens with zero attached hydrogens (tertiary/aromatic N) is 6. The monoisotopic (exact) mass is 483 g/mol. The van der Waals surface area contributed by atoms with E-state index in [9.17, 15) is 9.59 Å². The van der Waals surface area contributed by atoms with Crippen molar-refractivity contribution < 1.29 is 14.3 Å². The number of ether oxygens (including phenoxy) is 2. The number of tetrazole rings is 1. The van der Waals surface area contributed by atoms with Gasteiger partial charge in [0.2, 0.25) is 0 Å². The van der Waals surface area contributed by atoms with Crippen LogP contribution in [0.3, 0.4) is 0 Å². The van der Waals surface area contributed by atoms with Crippen molar-refractivity contribution in [2.75, 3.05) is 46.0 Å². The summed E-state index contributed by atoms with van der Waals surface area (Å²) in [5.41, 5.74) is 3.66. The van der Waals surface area contributed by atoms with Crippen LogP contribution in [0.1, 0.15) is 29.4 Å². The molecule has 3 aromatic rings. The summed E-state index contributed by atoms with van der Waals surface area (Å²) in [6.07, 6.45) is 0. The Morgan fingerprint density at radius 2 is 2.03 bits per heavy atom. The van der Waals surface area contributed by atoms with Gasteiger partial charge in [-0.2, -0.15) is 0 Å². The first kappa shape index (κ1) is 25.0. The molecule has 188 valence electrons. The number of H-pyrrole nitrogens is 1. The molecule has 35 heavy (non-hydrogen) atoms. The molecule has 1 fully saturated rings. The van der Waals surface area contributed by atoms with Gasteiger partial charge in [-0.1, -0.05) is 12.1 Å². The summed E-state index contributed by atoms with van der Waals surface area (Å²) in [7, 11) is 0. The zero-order valence-corrected chi connectivity index (χ0v) is 20.6. The SMILES string of the molecule is CCOC(=O)Cn1nnnc1CN(CCN1CCOCC1)Cc1cc2ccc(C)c(C)c2[nH]c1=O. The normalized spacial score (nSPS) is 14.6. The van der Waals surface area contributed by atoms with Crippen molar-refractivity contribution in [1.82, 2.24) is 35.0 Å². The van der Waals surface area contributed by atoms with E-state index in [0.717, 1.165) is 54.9 Å². The first-order valence-electron chi connectivity index (χ1n) is 12.0. The van der Waals surface area contributed by atoms with E-state index in [1.165, 1.54) is 4.68 Å². The second kappa shape index (κ2) is 11.5. The molecule has 1 saturated heterocycles. The highest BCUT2D eigenvalue weighted by Crippen LogP contribution is 2.19. The zero-order valence-electron chi connectivity index (χ0n) is 20.6. The van der Waals surface area contributed by atoms with Gasteiger partial charge in [-0.05, 0) is 53.8 Å². The molecule has 1 aromatic carbocycles. The lowest BCUT2D eigenvalue weighted by atomic mass is 10.0. The lowest BCUT2D eigenvalue weighted by Crippen LogP contribution is -2.41. The number of fused-ring (bicyclic) bond motifs is 1. The van der Waals surface area contributed by atoms with Crippen molar-refractivity contribution in [2.45, 2.75) is 40.4 Å². The Morgan fingerprint density at radius 1 is 1.23 bits per heavy atom. The molecule has 0 amide bonds. The van der Waals surface area contributed by atoms with Crippen molar-refractivity contribution in [1.29, 1.82) is 0 Å². The van der Waals surface area contributed by atoms with Gasteiger partial charge in [0.1, 0.15) is 6.54 Å². The third-order valence-electron chi connectivity index (χ3n) is 6.41. The van der Waals surface area contributed by atoms with Crippen molar-refractivity contribution in [2.24, 2.45) is 0 Å². The average molecular weight is 484 g/mol. The summed E-state index contributed by atoms with van der Waals surface area (Å²) in [5, 5.41) is 12.8. The second-order valence-corrected chi connectivity index (χ2v) is 8.82. The van der Waals surface area contributed by atoms with Gasteiger partial charge < -0.3 is 14.5 Å². The molecule has 0 atom stereocenters. The molecule has 11 heteroatoms. The minimum atomic E-state index is -0.391. The summed E-state index contributed by atoms with van der Waals surface area (Å²) in [5.74, 6) is 0.154. The molecule has 1 aliphatic rings. The highest BCUT2D eigenvalue weighted by atomic mass is 16.5. The van der Waals surface area contributed by atoms with Crippen LogP contribution < -0.4 is 5.56 Å². The van der Waals surface area contributed by atoms with Crippen LogP contribution in [-0.2, 0) is 33.9 Å².